The molecule has 0 radical (unpaired) electrons. The average molecular weight is 393 g/mol. The molecule has 2 fully saturated rings. The number of hydrogen-bond donors (Lipinski definition) is 1. The molecule has 2 aliphatic heterocycles. The van der Waals surface area contributed by atoms with E-state index in [2.05, 4.69) is 5.32 Å². The number of halogens is 3. The minimum absolute atomic E-state index is 0. The number of rotatable bonds is 3. The Morgan fingerprint density at radius 1 is 1.29 bits per heavy atom. The van der Waals surface area contributed by atoms with E-state index in [1.54, 1.807) is 35.0 Å². The zero-order valence-electron chi connectivity index (χ0n) is 13.3. The van der Waals surface area contributed by atoms with Gasteiger partial charge in [0.05, 0.1) is 10.0 Å². The van der Waals surface area contributed by atoms with Gasteiger partial charge in [-0.15, -0.1) is 12.4 Å². The molecule has 2 atom stereocenters. The molecular weight excluding hydrogens is 373 g/mol. The fraction of sp³-hybridized carbons (Fsp3) is 0.500. The Balaban J connectivity index is 0.00000208. The van der Waals surface area contributed by atoms with Gasteiger partial charge in [0.1, 0.15) is 5.92 Å². The number of nitrogens with one attached hydrogen (secondary N) is 1. The Bertz CT molecular complexity index is 635. The molecule has 132 valence electrons. The first-order valence-electron chi connectivity index (χ1n) is 7.73. The summed E-state index contributed by atoms with van der Waals surface area (Å²) in [6, 6.07) is 5.26. The standard InChI is InChI=1S/C16H19Cl2N3O2.ClH/c1-20(11-4-6-19-9-11)15(22)12-5-7-21(16(12)23)10-2-3-13(17)14(18)8-10;/h2-3,8,11-12,19H,4-7,9H2,1H3;1H. The van der Waals surface area contributed by atoms with Crippen LogP contribution in [-0.2, 0) is 9.59 Å². The van der Waals surface area contributed by atoms with Crippen LogP contribution in [-0.4, -0.2) is 49.4 Å². The normalized spacial score (nSPS) is 23.3. The lowest BCUT2D eigenvalue weighted by Gasteiger charge is -2.26. The molecular formula is C16H20Cl3N3O2. The van der Waals surface area contributed by atoms with Crippen LogP contribution in [0.5, 0.6) is 0 Å². The van der Waals surface area contributed by atoms with Gasteiger partial charge in [0.15, 0.2) is 0 Å². The van der Waals surface area contributed by atoms with E-state index in [1.807, 2.05) is 0 Å². The molecule has 1 aromatic rings. The van der Waals surface area contributed by atoms with Crippen molar-refractivity contribution in [3.05, 3.63) is 28.2 Å². The summed E-state index contributed by atoms with van der Waals surface area (Å²) in [6.07, 6.45) is 1.46. The Labute approximate surface area is 157 Å². The van der Waals surface area contributed by atoms with Crippen LogP contribution in [0.15, 0.2) is 18.2 Å². The van der Waals surface area contributed by atoms with Gasteiger partial charge in [-0.25, -0.2) is 0 Å². The largest absolute Gasteiger partial charge is 0.341 e. The maximum atomic E-state index is 12.6. The van der Waals surface area contributed by atoms with E-state index >= 15 is 0 Å². The number of benzene rings is 1. The molecule has 2 unspecified atom stereocenters. The van der Waals surface area contributed by atoms with Crippen molar-refractivity contribution in [1.29, 1.82) is 0 Å². The second kappa shape index (κ2) is 7.91. The summed E-state index contributed by atoms with van der Waals surface area (Å²) in [5.74, 6) is -0.854. The summed E-state index contributed by atoms with van der Waals surface area (Å²) in [5.41, 5.74) is 0.685. The molecule has 0 saturated carbocycles. The molecule has 0 aromatic heterocycles. The fourth-order valence-electron chi connectivity index (χ4n) is 3.21. The third kappa shape index (κ3) is 3.64. The molecule has 0 spiro atoms. The quantitative estimate of drug-likeness (QED) is 0.805. The molecule has 2 heterocycles. The second-order valence-electron chi connectivity index (χ2n) is 6.03. The average Bonchev–Trinajstić information content (AvgIpc) is 3.18. The van der Waals surface area contributed by atoms with Crippen molar-refractivity contribution >= 4 is 53.1 Å². The molecule has 3 rings (SSSR count). The maximum absolute atomic E-state index is 12.6. The highest BCUT2D eigenvalue weighted by atomic mass is 35.5. The molecule has 2 aliphatic rings. The Hall–Kier alpha value is -1.01. The van der Waals surface area contributed by atoms with Gasteiger partial charge in [0.25, 0.3) is 0 Å². The van der Waals surface area contributed by atoms with E-state index in [0.29, 0.717) is 28.7 Å². The molecule has 5 nitrogen and oxygen atoms in total. The van der Waals surface area contributed by atoms with E-state index in [1.165, 1.54) is 0 Å². The minimum atomic E-state index is -0.602. The molecule has 0 bridgehead atoms. The molecule has 2 amide bonds. The SMILES string of the molecule is CN(C(=O)C1CCN(c2ccc(Cl)c(Cl)c2)C1=O)C1CCNC1.Cl. The van der Waals surface area contributed by atoms with Crippen LogP contribution in [0.25, 0.3) is 0 Å². The van der Waals surface area contributed by atoms with Crippen molar-refractivity contribution in [2.45, 2.75) is 18.9 Å². The number of anilines is 1. The molecule has 24 heavy (non-hydrogen) atoms. The fourth-order valence-corrected chi connectivity index (χ4v) is 3.51. The Kier molecular flexibility index (Phi) is 6.37. The summed E-state index contributed by atoms with van der Waals surface area (Å²) in [7, 11) is 1.79. The van der Waals surface area contributed by atoms with Crippen LogP contribution in [0.2, 0.25) is 10.0 Å². The molecule has 0 aliphatic carbocycles. The number of amides is 2. The highest BCUT2D eigenvalue weighted by Gasteiger charge is 2.40. The first-order valence-corrected chi connectivity index (χ1v) is 8.48. The van der Waals surface area contributed by atoms with E-state index in [0.717, 1.165) is 19.5 Å². The van der Waals surface area contributed by atoms with E-state index in [9.17, 15) is 9.59 Å². The molecule has 1 N–H and O–H groups in total. The number of carbonyl (C=O) groups excluding carboxylic acids is 2. The number of likely N-dealkylation sites (N-methyl/N-ethyl adjacent to an activating group) is 1. The maximum Gasteiger partial charge on any atom is 0.239 e. The monoisotopic (exact) mass is 391 g/mol. The van der Waals surface area contributed by atoms with E-state index in [4.69, 9.17) is 23.2 Å². The first kappa shape index (κ1) is 19.3. The zero-order valence-corrected chi connectivity index (χ0v) is 15.6. The third-order valence-electron chi connectivity index (χ3n) is 4.65. The van der Waals surface area contributed by atoms with Gasteiger partial charge in [-0.2, -0.15) is 0 Å². The highest BCUT2D eigenvalue weighted by molar-refractivity contribution is 6.42. The van der Waals surface area contributed by atoms with Crippen LogP contribution < -0.4 is 10.2 Å². The van der Waals surface area contributed by atoms with Crippen LogP contribution in [0.1, 0.15) is 12.8 Å². The van der Waals surface area contributed by atoms with Crippen molar-refractivity contribution in [3.8, 4) is 0 Å². The van der Waals surface area contributed by atoms with Crippen LogP contribution in [0, 0.1) is 5.92 Å². The van der Waals surface area contributed by atoms with Gasteiger partial charge in [-0.1, -0.05) is 23.2 Å². The number of carbonyl (C=O) groups is 2. The number of hydrogen-bond acceptors (Lipinski definition) is 3. The Morgan fingerprint density at radius 2 is 2.04 bits per heavy atom. The number of nitrogens with zero attached hydrogens (tertiary/aromatic N) is 2. The van der Waals surface area contributed by atoms with Crippen molar-refractivity contribution in [1.82, 2.24) is 10.2 Å². The van der Waals surface area contributed by atoms with Crippen molar-refractivity contribution in [2.24, 2.45) is 5.92 Å². The van der Waals surface area contributed by atoms with Crippen LogP contribution >= 0.6 is 35.6 Å². The molecule has 1 aromatic carbocycles. The van der Waals surface area contributed by atoms with Gasteiger partial charge in [-0.05, 0) is 37.6 Å². The zero-order chi connectivity index (χ0) is 16.6. The summed E-state index contributed by atoms with van der Waals surface area (Å²) >= 11 is 11.9. The highest BCUT2D eigenvalue weighted by Crippen LogP contribution is 2.31. The van der Waals surface area contributed by atoms with Gasteiger partial charge >= 0.3 is 0 Å². The van der Waals surface area contributed by atoms with Gasteiger partial charge in [-0.3, -0.25) is 9.59 Å². The van der Waals surface area contributed by atoms with Crippen LogP contribution in [0.4, 0.5) is 5.69 Å². The summed E-state index contributed by atoms with van der Waals surface area (Å²) in [6.45, 7) is 2.22. The Morgan fingerprint density at radius 3 is 2.67 bits per heavy atom. The summed E-state index contributed by atoms with van der Waals surface area (Å²) in [5, 5.41) is 4.09. The topological polar surface area (TPSA) is 52.7 Å². The smallest absolute Gasteiger partial charge is 0.239 e. The van der Waals surface area contributed by atoms with Crippen LogP contribution in [0.3, 0.4) is 0 Å². The predicted molar refractivity (Wildman–Crippen MR) is 98.2 cm³/mol. The second-order valence-corrected chi connectivity index (χ2v) is 6.84. The summed E-state index contributed by atoms with van der Waals surface area (Å²) in [4.78, 5) is 28.6. The lowest BCUT2D eigenvalue weighted by molar-refractivity contribution is -0.140. The van der Waals surface area contributed by atoms with E-state index in [-0.39, 0.29) is 30.3 Å². The third-order valence-corrected chi connectivity index (χ3v) is 5.39. The van der Waals surface area contributed by atoms with Gasteiger partial charge < -0.3 is 15.1 Å². The van der Waals surface area contributed by atoms with Gasteiger partial charge in [0.2, 0.25) is 11.8 Å². The van der Waals surface area contributed by atoms with E-state index < -0.39 is 5.92 Å². The van der Waals surface area contributed by atoms with Crippen molar-refractivity contribution < 1.29 is 9.59 Å². The molecule has 2 saturated heterocycles. The molecule has 8 heteroatoms. The lowest BCUT2D eigenvalue weighted by Crippen LogP contribution is -2.44. The first-order chi connectivity index (χ1) is 11.0. The van der Waals surface area contributed by atoms with Gasteiger partial charge in [0, 0.05) is 31.9 Å². The lowest BCUT2D eigenvalue weighted by atomic mass is 10.1. The predicted octanol–water partition coefficient (Wildman–Crippen LogP) is 2.59. The summed E-state index contributed by atoms with van der Waals surface area (Å²) < 4.78 is 0. The minimum Gasteiger partial charge on any atom is -0.341 e. The van der Waals surface area contributed by atoms with Crippen molar-refractivity contribution in [3.63, 3.8) is 0 Å². The van der Waals surface area contributed by atoms with Crippen molar-refractivity contribution in [2.75, 3.05) is 31.6 Å².